The molecule has 1 aliphatic rings. The van der Waals surface area contributed by atoms with Gasteiger partial charge in [0.15, 0.2) is 5.79 Å². The maximum Gasteiger partial charge on any atom is 0.408 e. The molecule has 1 aliphatic heterocycles. The largest absolute Gasteiger partial charge is 0.461 e. The molecule has 1 aromatic carbocycles. The summed E-state index contributed by atoms with van der Waals surface area (Å²) in [6.07, 6.45) is 0.941. The van der Waals surface area contributed by atoms with E-state index in [1.807, 2.05) is 30.5 Å². The number of alkyl carbamates (subject to hydrolysis) is 1. The number of aryl methyl sites for hydroxylation is 1. The summed E-state index contributed by atoms with van der Waals surface area (Å²) in [6.45, 7) is 9.18. The van der Waals surface area contributed by atoms with Crippen LogP contribution in [-0.2, 0) is 37.2 Å². The third-order valence-corrected chi connectivity index (χ3v) is 4.75. The lowest BCUT2D eigenvalue weighted by atomic mass is 10.1. The van der Waals surface area contributed by atoms with E-state index < -0.39 is 29.5 Å². The van der Waals surface area contributed by atoms with Gasteiger partial charge in [0.1, 0.15) is 24.4 Å². The Bertz CT molecular complexity index is 965. The number of ether oxygens (including phenoxy) is 4. The van der Waals surface area contributed by atoms with E-state index in [9.17, 15) is 9.59 Å². The molecule has 1 unspecified atom stereocenters. The molecule has 8 nitrogen and oxygen atoms in total. The van der Waals surface area contributed by atoms with Crippen molar-refractivity contribution < 1.29 is 29.9 Å². The van der Waals surface area contributed by atoms with Gasteiger partial charge in [0.25, 0.3) is 0 Å². The SMILES string of the molecule is [2H]Cn1cc(C[C@H](NC(=O)OC(C)(C)C)C(=O)OCC2COC(C)(C)O2)c2ccccc21. The van der Waals surface area contributed by atoms with Crippen molar-refractivity contribution in [2.75, 3.05) is 13.2 Å². The number of nitrogens with one attached hydrogen (secondary N) is 1. The first-order valence-electron chi connectivity index (χ1n) is 11.0. The van der Waals surface area contributed by atoms with Crippen LogP contribution in [0.1, 0.15) is 41.6 Å². The molecule has 1 saturated heterocycles. The number of para-hydroxylation sites is 1. The number of nitrogens with zero attached hydrogens (tertiary/aromatic N) is 1. The molecule has 0 bridgehead atoms. The van der Waals surface area contributed by atoms with Gasteiger partial charge in [-0.05, 0) is 46.2 Å². The highest BCUT2D eigenvalue weighted by Gasteiger charge is 2.34. The Kier molecular flexibility index (Phi) is 6.20. The van der Waals surface area contributed by atoms with Gasteiger partial charge < -0.3 is 28.8 Å². The summed E-state index contributed by atoms with van der Waals surface area (Å²) in [5.74, 6) is -1.31. The van der Waals surface area contributed by atoms with Crippen molar-refractivity contribution in [3.63, 3.8) is 0 Å². The van der Waals surface area contributed by atoms with Crippen LogP contribution in [0.2, 0.25) is 0 Å². The van der Waals surface area contributed by atoms with Crippen LogP contribution < -0.4 is 5.32 Å². The van der Waals surface area contributed by atoms with Crippen LogP contribution in [0.4, 0.5) is 4.79 Å². The van der Waals surface area contributed by atoms with Crippen LogP contribution in [0.15, 0.2) is 30.5 Å². The van der Waals surface area contributed by atoms with Crippen molar-refractivity contribution >= 4 is 23.0 Å². The first-order valence-corrected chi connectivity index (χ1v) is 10.3. The number of esters is 1. The minimum Gasteiger partial charge on any atom is -0.461 e. The summed E-state index contributed by atoms with van der Waals surface area (Å²) in [5, 5.41) is 3.56. The van der Waals surface area contributed by atoms with E-state index in [1.165, 1.54) is 0 Å². The Morgan fingerprint density at radius 2 is 2.10 bits per heavy atom. The predicted molar refractivity (Wildman–Crippen MR) is 116 cm³/mol. The second-order valence-electron chi connectivity index (χ2n) is 9.12. The average Bonchev–Trinajstić information content (AvgIpc) is 3.23. The summed E-state index contributed by atoms with van der Waals surface area (Å²) in [7, 11) is 0.0456. The average molecular weight is 434 g/mol. The van der Waals surface area contributed by atoms with Crippen LogP contribution in [0.3, 0.4) is 0 Å². The minimum absolute atomic E-state index is 0.0171. The number of carbonyl (C=O) groups excluding carboxylic acids is 2. The van der Waals surface area contributed by atoms with Crippen LogP contribution >= 0.6 is 0 Å². The number of amides is 1. The zero-order valence-corrected chi connectivity index (χ0v) is 18.8. The Labute approximate surface area is 184 Å². The van der Waals surface area contributed by atoms with Gasteiger partial charge in [-0.1, -0.05) is 18.2 Å². The highest BCUT2D eigenvalue weighted by molar-refractivity contribution is 5.86. The molecule has 0 radical (unpaired) electrons. The molecule has 8 heteroatoms. The Morgan fingerprint density at radius 3 is 2.74 bits per heavy atom. The minimum atomic E-state index is -0.967. The van der Waals surface area contributed by atoms with Gasteiger partial charge in [0.2, 0.25) is 0 Å². The molecule has 1 N–H and O–H groups in total. The molecule has 3 rings (SSSR count). The lowest BCUT2D eigenvalue weighted by molar-refractivity contribution is -0.159. The number of hydrogen-bond acceptors (Lipinski definition) is 6. The quantitative estimate of drug-likeness (QED) is 0.704. The first-order chi connectivity index (χ1) is 15.0. The lowest BCUT2D eigenvalue weighted by Gasteiger charge is -2.23. The van der Waals surface area contributed by atoms with Crippen molar-refractivity contribution in [3.8, 4) is 0 Å². The van der Waals surface area contributed by atoms with Gasteiger partial charge in [-0.2, -0.15) is 0 Å². The van der Waals surface area contributed by atoms with Crippen molar-refractivity contribution in [1.82, 2.24) is 9.88 Å². The van der Waals surface area contributed by atoms with Gasteiger partial charge in [-0.15, -0.1) is 0 Å². The molecular formula is C23H32N2O6. The smallest absolute Gasteiger partial charge is 0.408 e. The molecule has 1 fully saturated rings. The summed E-state index contributed by atoms with van der Waals surface area (Å²) < 4.78 is 31.5. The normalized spacial score (nSPS) is 19.6. The number of aromatic nitrogens is 1. The van der Waals surface area contributed by atoms with Crippen LogP contribution in [-0.4, -0.2) is 53.4 Å². The van der Waals surface area contributed by atoms with E-state index in [1.54, 1.807) is 39.2 Å². The Morgan fingerprint density at radius 1 is 1.35 bits per heavy atom. The molecule has 0 spiro atoms. The number of rotatable bonds is 6. The van der Waals surface area contributed by atoms with Gasteiger partial charge in [-0.3, -0.25) is 0 Å². The second-order valence-corrected chi connectivity index (χ2v) is 9.12. The van der Waals surface area contributed by atoms with Crippen molar-refractivity contribution in [2.24, 2.45) is 7.02 Å². The number of hydrogen-bond donors (Lipinski definition) is 1. The maximum atomic E-state index is 12.9. The highest BCUT2D eigenvalue weighted by Crippen LogP contribution is 2.24. The zero-order chi connectivity index (χ0) is 23.5. The lowest BCUT2D eigenvalue weighted by Crippen LogP contribution is -2.46. The molecule has 31 heavy (non-hydrogen) atoms. The van der Waals surface area contributed by atoms with Gasteiger partial charge in [0.05, 0.1) is 6.61 Å². The van der Waals surface area contributed by atoms with E-state index in [2.05, 4.69) is 5.32 Å². The number of benzene rings is 1. The second kappa shape index (κ2) is 8.88. The number of carbonyl (C=O) groups is 2. The van der Waals surface area contributed by atoms with Gasteiger partial charge in [-0.25, -0.2) is 9.59 Å². The summed E-state index contributed by atoms with van der Waals surface area (Å²) in [4.78, 5) is 25.4. The third kappa shape index (κ3) is 6.21. The summed E-state index contributed by atoms with van der Waals surface area (Å²) in [6, 6.07) is 6.67. The monoisotopic (exact) mass is 433 g/mol. The molecule has 2 aromatic rings. The Hall–Kier alpha value is -2.58. The fourth-order valence-electron chi connectivity index (χ4n) is 3.47. The highest BCUT2D eigenvalue weighted by atomic mass is 16.7. The first kappa shape index (κ1) is 21.6. The molecule has 0 aliphatic carbocycles. The van der Waals surface area contributed by atoms with Crippen molar-refractivity contribution in [1.29, 1.82) is 0 Å². The summed E-state index contributed by atoms with van der Waals surface area (Å²) >= 11 is 0. The van der Waals surface area contributed by atoms with E-state index in [0.29, 0.717) is 6.61 Å². The molecule has 1 amide bonds. The third-order valence-electron chi connectivity index (χ3n) is 4.75. The zero-order valence-electron chi connectivity index (χ0n) is 19.8. The molecule has 2 atom stereocenters. The van der Waals surface area contributed by atoms with Crippen LogP contribution in [0.5, 0.6) is 0 Å². The molecule has 2 heterocycles. The Balaban J connectivity index is 1.76. The summed E-state index contributed by atoms with van der Waals surface area (Å²) in [5.41, 5.74) is 1.01. The fraction of sp³-hybridized carbons (Fsp3) is 0.565. The van der Waals surface area contributed by atoms with Crippen LogP contribution in [0.25, 0.3) is 10.9 Å². The molecule has 0 saturated carbocycles. The van der Waals surface area contributed by atoms with Gasteiger partial charge >= 0.3 is 12.1 Å². The van der Waals surface area contributed by atoms with E-state index in [0.717, 1.165) is 16.5 Å². The van der Waals surface area contributed by atoms with E-state index in [-0.39, 0.29) is 26.2 Å². The van der Waals surface area contributed by atoms with E-state index in [4.69, 9.17) is 20.3 Å². The standard InChI is InChI=1S/C23H32N2O6/c1-22(2,3)31-21(27)24-18(20(26)28-13-16-14-29-23(4,5)30-16)11-15-12-25(6)19-10-8-7-9-17(15)19/h7-10,12,16,18H,11,13-14H2,1-6H3,(H,24,27)/t16?,18-/m0/s1/i6D. The molecule has 1 aromatic heterocycles. The maximum absolute atomic E-state index is 12.9. The van der Waals surface area contributed by atoms with Crippen molar-refractivity contribution in [3.05, 3.63) is 36.0 Å². The van der Waals surface area contributed by atoms with Gasteiger partial charge in [0, 0.05) is 31.9 Å². The van der Waals surface area contributed by atoms with Crippen molar-refractivity contribution in [2.45, 2.75) is 64.6 Å². The molecular weight excluding hydrogens is 400 g/mol. The van der Waals surface area contributed by atoms with E-state index >= 15 is 0 Å². The topological polar surface area (TPSA) is 88.0 Å². The number of fused-ring (bicyclic) bond motifs is 1. The van der Waals surface area contributed by atoms with Crippen LogP contribution in [0, 0.1) is 0 Å². The molecule has 170 valence electrons. The predicted octanol–water partition coefficient (Wildman–Crippen LogP) is 3.31. The fourth-order valence-corrected chi connectivity index (χ4v) is 3.47.